The van der Waals surface area contributed by atoms with Crippen LogP contribution >= 0.6 is 0 Å². The molecule has 0 radical (unpaired) electrons. The minimum absolute atomic E-state index is 0.0799. The summed E-state index contributed by atoms with van der Waals surface area (Å²) in [5.41, 5.74) is -0.0799. The highest BCUT2D eigenvalue weighted by atomic mass is 16.5. The first-order valence-electron chi connectivity index (χ1n) is 3.72. The molecule has 0 aromatic heterocycles. The van der Waals surface area contributed by atoms with Crippen LogP contribution in [0.1, 0.15) is 26.7 Å². The van der Waals surface area contributed by atoms with Crippen LogP contribution < -0.4 is 0 Å². The van der Waals surface area contributed by atoms with E-state index in [4.69, 9.17) is 9.47 Å². The van der Waals surface area contributed by atoms with Crippen LogP contribution in [0.5, 0.6) is 0 Å². The van der Waals surface area contributed by atoms with E-state index in [1.54, 1.807) is 14.2 Å². The van der Waals surface area contributed by atoms with Gasteiger partial charge >= 0.3 is 0 Å². The van der Waals surface area contributed by atoms with Gasteiger partial charge in [0.15, 0.2) is 0 Å². The van der Waals surface area contributed by atoms with Crippen molar-refractivity contribution in [3.05, 3.63) is 0 Å². The second kappa shape index (κ2) is 4.69. The maximum atomic E-state index is 5.29. The van der Waals surface area contributed by atoms with Crippen LogP contribution in [0.4, 0.5) is 0 Å². The molecule has 0 aromatic rings. The Morgan fingerprint density at radius 3 is 2.20 bits per heavy atom. The van der Waals surface area contributed by atoms with Gasteiger partial charge in [0.05, 0.1) is 12.2 Å². The highest BCUT2D eigenvalue weighted by Gasteiger charge is 2.21. The molecule has 0 aromatic carbocycles. The zero-order valence-electron chi connectivity index (χ0n) is 7.44. The van der Waals surface area contributed by atoms with Gasteiger partial charge in [0, 0.05) is 14.2 Å². The van der Waals surface area contributed by atoms with Crippen molar-refractivity contribution >= 4 is 0 Å². The molecule has 0 aliphatic heterocycles. The molecule has 0 spiro atoms. The molecule has 1 unspecified atom stereocenters. The SMILES string of the molecule is CCCC(C)(COC)OC. The molecule has 10 heavy (non-hydrogen) atoms. The van der Waals surface area contributed by atoms with Gasteiger partial charge in [-0.15, -0.1) is 0 Å². The van der Waals surface area contributed by atoms with Crippen LogP contribution in [0.2, 0.25) is 0 Å². The Morgan fingerprint density at radius 1 is 1.30 bits per heavy atom. The van der Waals surface area contributed by atoms with Gasteiger partial charge in [0.25, 0.3) is 0 Å². The van der Waals surface area contributed by atoms with E-state index in [1.165, 1.54) is 0 Å². The second-order valence-electron chi connectivity index (χ2n) is 2.84. The molecule has 0 saturated carbocycles. The standard InChI is InChI=1S/C8H18O2/c1-5-6-8(2,10-4)7-9-3/h5-7H2,1-4H3. The number of hydrogen-bond acceptors (Lipinski definition) is 2. The summed E-state index contributed by atoms with van der Waals surface area (Å²) in [6.07, 6.45) is 2.19. The summed E-state index contributed by atoms with van der Waals surface area (Å²) in [4.78, 5) is 0. The maximum Gasteiger partial charge on any atom is 0.0882 e. The molecule has 0 N–H and O–H groups in total. The first-order valence-corrected chi connectivity index (χ1v) is 3.72. The van der Waals surface area contributed by atoms with Crippen LogP contribution in [0.25, 0.3) is 0 Å². The first-order chi connectivity index (χ1) is 4.68. The van der Waals surface area contributed by atoms with E-state index in [-0.39, 0.29) is 5.60 Å². The zero-order valence-corrected chi connectivity index (χ0v) is 7.44. The van der Waals surface area contributed by atoms with Gasteiger partial charge in [0.1, 0.15) is 0 Å². The predicted molar refractivity (Wildman–Crippen MR) is 42.2 cm³/mol. The van der Waals surface area contributed by atoms with E-state index in [0.717, 1.165) is 12.8 Å². The molecular formula is C8H18O2. The lowest BCUT2D eigenvalue weighted by Crippen LogP contribution is -2.32. The molecule has 62 valence electrons. The maximum absolute atomic E-state index is 5.29. The Morgan fingerprint density at radius 2 is 1.90 bits per heavy atom. The summed E-state index contributed by atoms with van der Waals surface area (Å²) in [7, 11) is 3.43. The van der Waals surface area contributed by atoms with E-state index in [2.05, 4.69) is 13.8 Å². The average molecular weight is 146 g/mol. The third-order valence-electron chi connectivity index (χ3n) is 1.72. The fraction of sp³-hybridized carbons (Fsp3) is 1.00. The van der Waals surface area contributed by atoms with Crippen molar-refractivity contribution < 1.29 is 9.47 Å². The summed E-state index contributed by atoms with van der Waals surface area (Å²) in [6, 6.07) is 0. The van der Waals surface area contributed by atoms with E-state index < -0.39 is 0 Å². The number of ether oxygens (including phenoxy) is 2. The fourth-order valence-corrected chi connectivity index (χ4v) is 1.07. The van der Waals surface area contributed by atoms with Crippen molar-refractivity contribution in [2.45, 2.75) is 32.3 Å². The molecule has 0 saturated heterocycles. The van der Waals surface area contributed by atoms with Crippen LogP contribution in [-0.4, -0.2) is 26.4 Å². The third kappa shape index (κ3) is 3.18. The van der Waals surface area contributed by atoms with E-state index in [1.807, 2.05) is 0 Å². The van der Waals surface area contributed by atoms with Crippen LogP contribution in [0.3, 0.4) is 0 Å². The van der Waals surface area contributed by atoms with Crippen LogP contribution in [-0.2, 0) is 9.47 Å². The smallest absolute Gasteiger partial charge is 0.0882 e. The highest BCUT2D eigenvalue weighted by molar-refractivity contribution is 4.72. The monoisotopic (exact) mass is 146 g/mol. The van der Waals surface area contributed by atoms with E-state index in [0.29, 0.717) is 6.61 Å². The summed E-state index contributed by atoms with van der Waals surface area (Å²) in [5.74, 6) is 0. The molecule has 0 bridgehead atoms. The molecule has 1 atom stereocenters. The predicted octanol–water partition coefficient (Wildman–Crippen LogP) is 1.84. The van der Waals surface area contributed by atoms with Gasteiger partial charge in [-0.2, -0.15) is 0 Å². The molecule has 0 aliphatic rings. The van der Waals surface area contributed by atoms with Gasteiger partial charge < -0.3 is 9.47 Å². The Kier molecular flexibility index (Phi) is 4.65. The van der Waals surface area contributed by atoms with Crippen molar-refractivity contribution in [2.24, 2.45) is 0 Å². The summed E-state index contributed by atoms with van der Waals surface area (Å²) in [5, 5.41) is 0. The fourth-order valence-electron chi connectivity index (χ4n) is 1.07. The second-order valence-corrected chi connectivity index (χ2v) is 2.84. The van der Waals surface area contributed by atoms with Gasteiger partial charge in [-0.05, 0) is 13.3 Å². The zero-order chi connectivity index (χ0) is 8.04. The van der Waals surface area contributed by atoms with Gasteiger partial charge in [-0.1, -0.05) is 13.3 Å². The summed E-state index contributed by atoms with van der Waals surface area (Å²) < 4.78 is 10.3. The normalized spacial score (nSPS) is 16.8. The summed E-state index contributed by atoms with van der Waals surface area (Å²) in [6.45, 7) is 4.89. The quantitative estimate of drug-likeness (QED) is 0.589. The Balaban J connectivity index is 3.69. The van der Waals surface area contributed by atoms with E-state index in [9.17, 15) is 0 Å². The molecule has 0 rings (SSSR count). The third-order valence-corrected chi connectivity index (χ3v) is 1.72. The van der Waals surface area contributed by atoms with Gasteiger partial charge in [-0.3, -0.25) is 0 Å². The molecular weight excluding hydrogens is 128 g/mol. The Hall–Kier alpha value is -0.0800. The lowest BCUT2D eigenvalue weighted by molar-refractivity contribution is -0.0563. The highest BCUT2D eigenvalue weighted by Crippen LogP contribution is 2.16. The average Bonchev–Trinajstić information content (AvgIpc) is 1.89. The minimum atomic E-state index is -0.0799. The van der Waals surface area contributed by atoms with E-state index >= 15 is 0 Å². The molecule has 0 amide bonds. The first kappa shape index (κ1) is 9.92. The molecule has 0 aliphatic carbocycles. The minimum Gasteiger partial charge on any atom is -0.382 e. The molecule has 0 heterocycles. The van der Waals surface area contributed by atoms with Crippen molar-refractivity contribution in [1.29, 1.82) is 0 Å². The summed E-state index contributed by atoms with van der Waals surface area (Å²) >= 11 is 0. The van der Waals surface area contributed by atoms with Crippen molar-refractivity contribution in [3.63, 3.8) is 0 Å². The van der Waals surface area contributed by atoms with Crippen molar-refractivity contribution in [3.8, 4) is 0 Å². The molecule has 2 nitrogen and oxygen atoms in total. The lowest BCUT2D eigenvalue weighted by atomic mass is 10.0. The number of hydrogen-bond donors (Lipinski definition) is 0. The largest absolute Gasteiger partial charge is 0.382 e. The lowest BCUT2D eigenvalue weighted by Gasteiger charge is -2.26. The Labute approximate surface area is 63.5 Å². The molecule has 2 heteroatoms. The van der Waals surface area contributed by atoms with Gasteiger partial charge in [0.2, 0.25) is 0 Å². The topological polar surface area (TPSA) is 18.5 Å². The van der Waals surface area contributed by atoms with Crippen LogP contribution in [0, 0.1) is 0 Å². The van der Waals surface area contributed by atoms with Crippen molar-refractivity contribution in [2.75, 3.05) is 20.8 Å². The number of methoxy groups -OCH3 is 2. The van der Waals surface area contributed by atoms with Gasteiger partial charge in [-0.25, -0.2) is 0 Å². The number of rotatable bonds is 5. The van der Waals surface area contributed by atoms with Crippen molar-refractivity contribution in [1.82, 2.24) is 0 Å². The van der Waals surface area contributed by atoms with Crippen LogP contribution in [0.15, 0.2) is 0 Å². The Bertz CT molecular complexity index is 75.3. The molecule has 0 fully saturated rings.